The number of ether oxygens (including phenoxy) is 4. The van der Waals surface area contributed by atoms with E-state index in [1.807, 2.05) is 30.3 Å². The fourth-order valence-corrected chi connectivity index (χ4v) is 4.62. The lowest BCUT2D eigenvalue weighted by atomic mass is 10.1. The summed E-state index contributed by atoms with van der Waals surface area (Å²) in [4.78, 5) is 56.0. The molecule has 0 aliphatic rings. The Morgan fingerprint density at radius 1 is 0.932 bits per heavy atom. The third-order valence-corrected chi connectivity index (χ3v) is 6.51. The van der Waals surface area contributed by atoms with E-state index in [4.69, 9.17) is 18.9 Å². The molecule has 2 N–H and O–H groups in total. The Hall–Kier alpha value is -3.87. The number of anilines is 1. The highest BCUT2D eigenvalue weighted by atomic mass is 32.1. The standard InChI is InChI=1S/C31H46N4O8S/c1-8-40-25(36)18-24-21-44-26(33-24)35(29(39)43-31(5,6)7)19-23(34-28(38)42-30(2,3)4)16-12-13-17-32-27(37)41-20-22-14-10-9-11-15-22/h9-11,14-15,21,23H,8,12-13,16-20H2,1-7H3,(H,32,37)(H,34,38)/t23-/m0/s1. The summed E-state index contributed by atoms with van der Waals surface area (Å²) in [6, 6.07) is 8.84. The maximum atomic E-state index is 13.3. The maximum absolute atomic E-state index is 13.3. The lowest BCUT2D eigenvalue weighted by molar-refractivity contribution is -0.142. The first-order valence-electron chi connectivity index (χ1n) is 14.7. The topological polar surface area (TPSA) is 145 Å². The van der Waals surface area contributed by atoms with Gasteiger partial charge in [0.25, 0.3) is 0 Å². The van der Waals surface area contributed by atoms with Crippen molar-refractivity contribution in [1.82, 2.24) is 15.6 Å². The van der Waals surface area contributed by atoms with Crippen LogP contribution in [0.15, 0.2) is 35.7 Å². The summed E-state index contributed by atoms with van der Waals surface area (Å²) < 4.78 is 21.4. The second kappa shape index (κ2) is 17.4. The van der Waals surface area contributed by atoms with Crippen LogP contribution in [-0.4, -0.2) is 66.2 Å². The Morgan fingerprint density at radius 3 is 2.25 bits per heavy atom. The molecule has 2 aromatic rings. The molecule has 0 fully saturated rings. The molecule has 44 heavy (non-hydrogen) atoms. The molecular formula is C31H46N4O8S. The quantitative estimate of drug-likeness (QED) is 0.146. The SMILES string of the molecule is CCOC(=O)Cc1csc(N(C[C@H](CCCCNC(=O)OCc2ccccc2)NC(=O)OC(C)(C)C)C(=O)OC(C)(C)C)n1. The average molecular weight is 635 g/mol. The van der Waals surface area contributed by atoms with E-state index in [0.29, 0.717) is 36.6 Å². The number of thiazole rings is 1. The molecule has 244 valence electrons. The van der Waals surface area contributed by atoms with Crippen LogP contribution in [0.5, 0.6) is 0 Å². The van der Waals surface area contributed by atoms with Gasteiger partial charge >= 0.3 is 24.2 Å². The Bertz CT molecular complexity index is 1210. The predicted octanol–water partition coefficient (Wildman–Crippen LogP) is 5.98. The van der Waals surface area contributed by atoms with E-state index in [9.17, 15) is 19.2 Å². The molecule has 0 bridgehead atoms. The molecule has 1 aromatic heterocycles. The molecule has 13 heteroatoms. The summed E-state index contributed by atoms with van der Waals surface area (Å²) in [6.07, 6.45) is -0.165. The van der Waals surface area contributed by atoms with Gasteiger partial charge in [-0.2, -0.15) is 0 Å². The molecule has 0 aliphatic carbocycles. The van der Waals surface area contributed by atoms with E-state index >= 15 is 0 Å². The van der Waals surface area contributed by atoms with E-state index in [1.165, 1.54) is 16.2 Å². The van der Waals surface area contributed by atoms with Gasteiger partial charge in [-0.3, -0.25) is 9.69 Å². The van der Waals surface area contributed by atoms with E-state index in [2.05, 4.69) is 15.6 Å². The molecule has 1 aromatic carbocycles. The van der Waals surface area contributed by atoms with Crippen LogP contribution in [0.3, 0.4) is 0 Å². The van der Waals surface area contributed by atoms with E-state index in [1.54, 1.807) is 53.8 Å². The Balaban J connectivity index is 2.09. The molecular weight excluding hydrogens is 588 g/mol. The highest BCUT2D eigenvalue weighted by Crippen LogP contribution is 2.25. The number of unbranched alkanes of at least 4 members (excludes halogenated alkanes) is 1. The summed E-state index contributed by atoms with van der Waals surface area (Å²) in [5.41, 5.74) is -0.156. The molecule has 0 spiro atoms. The van der Waals surface area contributed by atoms with Crippen molar-refractivity contribution in [2.45, 2.75) is 98.0 Å². The average Bonchev–Trinajstić information content (AvgIpc) is 3.36. The zero-order valence-electron chi connectivity index (χ0n) is 26.8. The second-order valence-electron chi connectivity index (χ2n) is 12.0. The van der Waals surface area contributed by atoms with Crippen LogP contribution in [0.1, 0.15) is 79.0 Å². The highest BCUT2D eigenvalue weighted by Gasteiger charge is 2.30. The van der Waals surface area contributed by atoms with E-state index in [0.717, 1.165) is 5.56 Å². The zero-order chi connectivity index (χ0) is 32.8. The summed E-state index contributed by atoms with van der Waals surface area (Å²) in [5, 5.41) is 7.60. The van der Waals surface area contributed by atoms with Crippen molar-refractivity contribution in [3.05, 3.63) is 47.0 Å². The molecule has 3 amide bonds. The number of benzene rings is 1. The van der Waals surface area contributed by atoms with Gasteiger partial charge in [0.15, 0.2) is 5.13 Å². The van der Waals surface area contributed by atoms with Crippen molar-refractivity contribution >= 4 is 40.7 Å². The van der Waals surface area contributed by atoms with Gasteiger partial charge in [0.05, 0.1) is 31.3 Å². The van der Waals surface area contributed by atoms with Crippen molar-refractivity contribution in [3.63, 3.8) is 0 Å². The van der Waals surface area contributed by atoms with Gasteiger partial charge in [-0.1, -0.05) is 30.3 Å². The fraction of sp³-hybridized carbons (Fsp3) is 0.581. The van der Waals surface area contributed by atoms with Crippen LogP contribution in [0.4, 0.5) is 19.5 Å². The van der Waals surface area contributed by atoms with Gasteiger partial charge in [0.1, 0.15) is 17.8 Å². The van der Waals surface area contributed by atoms with Crippen LogP contribution < -0.4 is 15.5 Å². The molecule has 0 saturated carbocycles. The first-order chi connectivity index (χ1) is 20.6. The number of nitrogens with one attached hydrogen (secondary N) is 2. The molecule has 0 aliphatic heterocycles. The van der Waals surface area contributed by atoms with Gasteiger partial charge in [-0.15, -0.1) is 11.3 Å². The summed E-state index contributed by atoms with van der Waals surface area (Å²) in [5.74, 6) is -0.421. The number of alkyl carbamates (subject to hydrolysis) is 2. The lowest BCUT2D eigenvalue weighted by Gasteiger charge is -2.30. The van der Waals surface area contributed by atoms with Gasteiger partial charge < -0.3 is 29.6 Å². The van der Waals surface area contributed by atoms with Crippen molar-refractivity contribution in [1.29, 1.82) is 0 Å². The minimum Gasteiger partial charge on any atom is -0.466 e. The number of carbonyl (C=O) groups is 4. The van der Waals surface area contributed by atoms with E-state index in [-0.39, 0.29) is 26.2 Å². The number of aromatic nitrogens is 1. The number of esters is 1. The molecule has 12 nitrogen and oxygen atoms in total. The minimum atomic E-state index is -0.783. The number of hydrogen-bond donors (Lipinski definition) is 2. The third-order valence-electron chi connectivity index (χ3n) is 5.60. The highest BCUT2D eigenvalue weighted by molar-refractivity contribution is 7.14. The number of carbonyl (C=O) groups excluding carboxylic acids is 4. The number of amides is 3. The van der Waals surface area contributed by atoms with Crippen molar-refractivity contribution in [2.75, 3.05) is 24.6 Å². The van der Waals surface area contributed by atoms with Crippen molar-refractivity contribution < 1.29 is 38.1 Å². The fourth-order valence-electron chi connectivity index (χ4n) is 3.79. The molecule has 1 atom stereocenters. The largest absolute Gasteiger partial charge is 0.466 e. The van der Waals surface area contributed by atoms with Crippen molar-refractivity contribution in [3.8, 4) is 0 Å². The van der Waals surface area contributed by atoms with Gasteiger partial charge in [0, 0.05) is 11.9 Å². The summed E-state index contributed by atoms with van der Waals surface area (Å²) in [6.45, 7) is 13.1. The second-order valence-corrected chi connectivity index (χ2v) is 12.9. The Kier molecular flexibility index (Phi) is 14.4. The minimum absolute atomic E-state index is 0.0348. The van der Waals surface area contributed by atoms with Crippen LogP contribution in [0.2, 0.25) is 0 Å². The Labute approximate surface area is 263 Å². The number of rotatable bonds is 14. The molecule has 0 unspecified atom stereocenters. The van der Waals surface area contributed by atoms with Crippen LogP contribution in [0.25, 0.3) is 0 Å². The van der Waals surface area contributed by atoms with Crippen LogP contribution in [-0.2, 0) is 36.8 Å². The zero-order valence-corrected chi connectivity index (χ0v) is 27.6. The molecule has 0 saturated heterocycles. The normalized spacial score (nSPS) is 12.1. The predicted molar refractivity (Wildman–Crippen MR) is 168 cm³/mol. The first kappa shape index (κ1) is 36.3. The van der Waals surface area contributed by atoms with Gasteiger partial charge in [0.2, 0.25) is 0 Å². The van der Waals surface area contributed by atoms with Gasteiger partial charge in [-0.05, 0) is 73.3 Å². The lowest BCUT2D eigenvalue weighted by Crippen LogP contribution is -2.48. The first-order valence-corrected chi connectivity index (χ1v) is 15.6. The van der Waals surface area contributed by atoms with Gasteiger partial charge in [-0.25, -0.2) is 19.4 Å². The molecule has 2 rings (SSSR count). The van der Waals surface area contributed by atoms with Crippen LogP contribution in [0, 0.1) is 0 Å². The monoisotopic (exact) mass is 634 g/mol. The Morgan fingerprint density at radius 2 is 1.61 bits per heavy atom. The number of hydrogen-bond acceptors (Lipinski definition) is 10. The van der Waals surface area contributed by atoms with Crippen molar-refractivity contribution in [2.24, 2.45) is 0 Å². The van der Waals surface area contributed by atoms with E-state index < -0.39 is 41.5 Å². The summed E-state index contributed by atoms with van der Waals surface area (Å²) in [7, 11) is 0. The number of nitrogens with zero attached hydrogens (tertiary/aromatic N) is 2. The third kappa shape index (κ3) is 15.0. The van der Waals surface area contributed by atoms with Crippen LogP contribution >= 0.6 is 11.3 Å². The maximum Gasteiger partial charge on any atom is 0.416 e. The molecule has 0 radical (unpaired) electrons. The molecule has 1 heterocycles. The smallest absolute Gasteiger partial charge is 0.416 e. The summed E-state index contributed by atoms with van der Waals surface area (Å²) >= 11 is 1.18.